The molecule has 34 heavy (non-hydrogen) atoms. The predicted molar refractivity (Wildman–Crippen MR) is 126 cm³/mol. The van der Waals surface area contributed by atoms with E-state index >= 15 is 0 Å². The van der Waals surface area contributed by atoms with E-state index in [-0.39, 0.29) is 5.69 Å². The fourth-order valence-corrected chi connectivity index (χ4v) is 4.13. The molecule has 4 heterocycles. The molecule has 1 aromatic carbocycles. The van der Waals surface area contributed by atoms with Gasteiger partial charge in [-0.2, -0.15) is 0 Å². The van der Waals surface area contributed by atoms with Crippen molar-refractivity contribution in [1.82, 2.24) is 29.7 Å². The summed E-state index contributed by atoms with van der Waals surface area (Å²) in [5.74, 6) is 0.482. The Morgan fingerprint density at radius 2 is 2.03 bits per heavy atom. The summed E-state index contributed by atoms with van der Waals surface area (Å²) in [5.41, 5.74) is 9.97. The van der Waals surface area contributed by atoms with Gasteiger partial charge in [-0.3, -0.25) is 4.79 Å². The number of amides is 1. The van der Waals surface area contributed by atoms with Gasteiger partial charge in [-0.15, -0.1) is 5.10 Å². The fraction of sp³-hybridized carbons (Fsp3) is 0.227. The molecule has 0 bridgehead atoms. The Kier molecular flexibility index (Phi) is 5.69. The molecule has 0 saturated carbocycles. The van der Waals surface area contributed by atoms with Crippen LogP contribution in [-0.4, -0.2) is 66.4 Å². The van der Waals surface area contributed by atoms with Crippen LogP contribution >= 0.6 is 0 Å². The van der Waals surface area contributed by atoms with Crippen molar-refractivity contribution in [3.8, 4) is 11.5 Å². The summed E-state index contributed by atoms with van der Waals surface area (Å²) in [4.78, 5) is 23.5. The molecule has 3 aromatic heterocycles. The molecule has 4 aromatic rings. The number of pyridine rings is 1. The van der Waals surface area contributed by atoms with E-state index in [1.165, 1.54) is 4.52 Å². The molecule has 0 atom stereocenters. The highest BCUT2D eigenvalue weighted by atomic mass is 16.4. The van der Waals surface area contributed by atoms with Crippen molar-refractivity contribution < 1.29 is 14.8 Å². The summed E-state index contributed by atoms with van der Waals surface area (Å²) in [5, 5.41) is 30.7. The molecule has 0 saturated heterocycles. The second-order valence-corrected chi connectivity index (χ2v) is 8.29. The molecule has 5 N–H and O–H groups in total. The zero-order valence-electron chi connectivity index (χ0n) is 18.5. The summed E-state index contributed by atoms with van der Waals surface area (Å²) < 4.78 is 1.39. The fourth-order valence-electron chi connectivity index (χ4n) is 4.13. The maximum atomic E-state index is 11.8. The number of aromatic nitrogens is 5. The zero-order chi connectivity index (χ0) is 23.8. The van der Waals surface area contributed by atoms with Gasteiger partial charge in [-0.05, 0) is 36.6 Å². The van der Waals surface area contributed by atoms with Crippen molar-refractivity contribution in [2.24, 2.45) is 5.73 Å². The van der Waals surface area contributed by atoms with Gasteiger partial charge in [0.15, 0.2) is 11.5 Å². The minimum Gasteiger partial charge on any atom is -0.423 e. The first-order valence-corrected chi connectivity index (χ1v) is 10.8. The van der Waals surface area contributed by atoms with Crippen molar-refractivity contribution in [2.45, 2.75) is 19.5 Å². The zero-order valence-corrected chi connectivity index (χ0v) is 18.5. The number of fused-ring (bicyclic) bond motifs is 2. The van der Waals surface area contributed by atoms with E-state index in [4.69, 9.17) is 15.7 Å². The van der Waals surface area contributed by atoms with Gasteiger partial charge in [0.25, 0.3) is 5.91 Å². The van der Waals surface area contributed by atoms with Crippen LogP contribution in [0.25, 0.3) is 17.0 Å². The lowest BCUT2D eigenvalue weighted by molar-refractivity contribution is 0.0993. The summed E-state index contributed by atoms with van der Waals surface area (Å²) in [7, 11) is 0.511. The van der Waals surface area contributed by atoms with Gasteiger partial charge >= 0.3 is 7.12 Å². The summed E-state index contributed by atoms with van der Waals surface area (Å²) in [6.45, 7) is 1.98. The van der Waals surface area contributed by atoms with E-state index in [0.29, 0.717) is 41.4 Å². The standard InChI is InChI=1S/C22H23BN8O3/c1-30-9-8-15-16(12-30)26-22(19-17-6-3-7-18(20(24)32)31(17)29-28-19)27-21(15)25-11-13-4-2-5-14(10-13)23(33)34/h2-7,10,33-34H,8-9,11-12H2,1H3,(H2,24,32)(H,25,26,27). The van der Waals surface area contributed by atoms with Gasteiger partial charge in [-0.25, -0.2) is 14.5 Å². The molecule has 0 spiro atoms. The molecule has 1 aliphatic heterocycles. The van der Waals surface area contributed by atoms with Crippen molar-refractivity contribution in [1.29, 1.82) is 0 Å². The molecular formula is C22H23BN8O3. The van der Waals surface area contributed by atoms with Crippen LogP contribution in [0.5, 0.6) is 0 Å². The lowest BCUT2D eigenvalue weighted by Crippen LogP contribution is -2.30. The van der Waals surface area contributed by atoms with Gasteiger partial charge in [0.05, 0.1) is 11.2 Å². The average Bonchev–Trinajstić information content (AvgIpc) is 3.26. The lowest BCUT2D eigenvalue weighted by atomic mass is 9.79. The van der Waals surface area contributed by atoms with E-state index in [1.54, 1.807) is 36.4 Å². The Morgan fingerprint density at radius 1 is 1.21 bits per heavy atom. The van der Waals surface area contributed by atoms with Gasteiger partial charge in [0, 0.05) is 25.2 Å². The van der Waals surface area contributed by atoms with Gasteiger partial charge in [0.2, 0.25) is 0 Å². The van der Waals surface area contributed by atoms with Crippen LogP contribution in [0.2, 0.25) is 0 Å². The summed E-state index contributed by atoms with van der Waals surface area (Å²) in [6, 6.07) is 12.2. The van der Waals surface area contributed by atoms with Crippen molar-refractivity contribution in [2.75, 3.05) is 18.9 Å². The Labute approximate surface area is 195 Å². The van der Waals surface area contributed by atoms with E-state index in [1.807, 2.05) is 13.1 Å². The highest BCUT2D eigenvalue weighted by molar-refractivity contribution is 6.58. The Balaban J connectivity index is 1.55. The first kappa shape index (κ1) is 22.0. The van der Waals surface area contributed by atoms with Crippen LogP contribution in [0.4, 0.5) is 5.82 Å². The molecule has 5 rings (SSSR count). The topological polar surface area (TPSA) is 155 Å². The molecule has 11 nitrogen and oxygen atoms in total. The molecule has 172 valence electrons. The van der Waals surface area contributed by atoms with Crippen LogP contribution in [0.15, 0.2) is 42.5 Å². The predicted octanol–water partition coefficient (Wildman–Crippen LogP) is -0.435. The first-order valence-electron chi connectivity index (χ1n) is 10.8. The van der Waals surface area contributed by atoms with Crippen molar-refractivity contribution in [3.05, 3.63) is 65.0 Å². The summed E-state index contributed by atoms with van der Waals surface area (Å²) >= 11 is 0. The molecule has 1 aliphatic rings. The third-order valence-corrected chi connectivity index (χ3v) is 5.87. The van der Waals surface area contributed by atoms with Crippen molar-refractivity contribution >= 4 is 29.8 Å². The number of hydrogen-bond donors (Lipinski definition) is 4. The number of primary amides is 1. The first-order chi connectivity index (χ1) is 16.4. The third-order valence-electron chi connectivity index (χ3n) is 5.87. The SMILES string of the molecule is CN1CCc2c(nc(-c3nnn4c(C(N)=O)cccc34)nc2NCc2cccc(B(O)O)c2)C1. The number of carbonyl (C=O) groups excluding carboxylic acids is 1. The molecule has 0 radical (unpaired) electrons. The van der Waals surface area contributed by atoms with Crippen LogP contribution < -0.4 is 16.5 Å². The highest BCUT2D eigenvalue weighted by Gasteiger charge is 2.23. The van der Waals surface area contributed by atoms with E-state index in [2.05, 4.69) is 20.5 Å². The molecule has 0 aliphatic carbocycles. The number of nitrogens with two attached hydrogens (primary N) is 1. The molecule has 1 amide bonds. The number of nitrogens with zero attached hydrogens (tertiary/aromatic N) is 6. The number of benzene rings is 1. The lowest BCUT2D eigenvalue weighted by Gasteiger charge is -2.26. The Morgan fingerprint density at radius 3 is 2.82 bits per heavy atom. The number of likely N-dealkylation sites (N-methyl/N-ethyl adjacent to an activating group) is 1. The number of rotatable bonds is 6. The van der Waals surface area contributed by atoms with Crippen LogP contribution in [-0.2, 0) is 19.5 Å². The second-order valence-electron chi connectivity index (χ2n) is 8.29. The maximum Gasteiger partial charge on any atom is 0.488 e. The van der Waals surface area contributed by atoms with E-state index < -0.39 is 13.0 Å². The van der Waals surface area contributed by atoms with E-state index in [9.17, 15) is 14.8 Å². The minimum absolute atomic E-state index is 0.221. The van der Waals surface area contributed by atoms with Gasteiger partial charge in [0.1, 0.15) is 11.5 Å². The summed E-state index contributed by atoms with van der Waals surface area (Å²) in [6.07, 6.45) is 0.790. The molecule has 12 heteroatoms. The van der Waals surface area contributed by atoms with Crippen molar-refractivity contribution in [3.63, 3.8) is 0 Å². The third kappa shape index (κ3) is 4.09. The van der Waals surface area contributed by atoms with Gasteiger partial charge < -0.3 is 26.0 Å². The van der Waals surface area contributed by atoms with Crippen LogP contribution in [0, 0.1) is 0 Å². The Bertz CT molecular complexity index is 1390. The normalized spacial score (nSPS) is 13.6. The van der Waals surface area contributed by atoms with E-state index in [0.717, 1.165) is 29.8 Å². The molecule has 0 fully saturated rings. The van der Waals surface area contributed by atoms with Crippen LogP contribution in [0.3, 0.4) is 0 Å². The molecular weight excluding hydrogens is 435 g/mol. The number of carbonyl (C=O) groups is 1. The number of nitrogens with one attached hydrogen (secondary N) is 1. The van der Waals surface area contributed by atoms with Crippen LogP contribution in [0.1, 0.15) is 27.3 Å². The second kappa shape index (κ2) is 8.82. The molecule has 0 unspecified atom stereocenters. The largest absolute Gasteiger partial charge is 0.488 e. The maximum absolute atomic E-state index is 11.8. The monoisotopic (exact) mass is 458 g/mol. The highest BCUT2D eigenvalue weighted by Crippen LogP contribution is 2.28. The average molecular weight is 458 g/mol. The number of anilines is 1. The number of hydrogen-bond acceptors (Lipinski definition) is 9. The van der Waals surface area contributed by atoms with Gasteiger partial charge in [-0.1, -0.05) is 35.5 Å². The smallest absolute Gasteiger partial charge is 0.423 e. The Hall–Kier alpha value is -3.87. The quantitative estimate of drug-likeness (QED) is 0.282. The minimum atomic E-state index is -1.53.